The Morgan fingerprint density at radius 3 is 2.50 bits per heavy atom. The van der Waals surface area contributed by atoms with Crippen molar-refractivity contribution in [3.05, 3.63) is 78.9 Å². The van der Waals surface area contributed by atoms with Gasteiger partial charge in [-0.1, -0.05) is 61.4 Å². The summed E-state index contributed by atoms with van der Waals surface area (Å²) in [5, 5.41) is 4.97. The zero-order valence-electron chi connectivity index (χ0n) is 20.3. The molecule has 0 saturated heterocycles. The monoisotopic (exact) mass is 474 g/mol. The van der Waals surface area contributed by atoms with E-state index < -0.39 is 0 Å². The number of hydrogen-bond donors (Lipinski definition) is 2. The molecule has 3 aromatic heterocycles. The number of nitrogens with one attached hydrogen (secondary N) is 1. The summed E-state index contributed by atoms with van der Waals surface area (Å²) in [6.45, 7) is 0. The van der Waals surface area contributed by atoms with Crippen LogP contribution >= 0.6 is 0 Å². The summed E-state index contributed by atoms with van der Waals surface area (Å²) in [7, 11) is 0. The van der Waals surface area contributed by atoms with E-state index in [0.29, 0.717) is 23.8 Å². The highest BCUT2D eigenvalue weighted by atomic mass is 15.1. The first-order valence-electron chi connectivity index (χ1n) is 13.1. The van der Waals surface area contributed by atoms with Gasteiger partial charge in [-0.2, -0.15) is 0 Å². The molecule has 0 amide bonds. The number of fused-ring (bicyclic) bond motifs is 2. The van der Waals surface area contributed by atoms with Crippen LogP contribution in [0.15, 0.2) is 73.1 Å². The highest BCUT2D eigenvalue weighted by Crippen LogP contribution is 2.40. The maximum atomic E-state index is 6.42. The first kappa shape index (κ1) is 21.5. The van der Waals surface area contributed by atoms with Crippen LogP contribution in [0.5, 0.6) is 0 Å². The van der Waals surface area contributed by atoms with Gasteiger partial charge >= 0.3 is 0 Å². The lowest BCUT2D eigenvalue weighted by Gasteiger charge is -2.37. The minimum atomic E-state index is 0.426. The number of nitrogens with two attached hydrogens (primary N) is 1. The normalized spacial score (nSPS) is 20.2. The topological polar surface area (TPSA) is 81.1 Å². The van der Waals surface area contributed by atoms with Crippen LogP contribution in [0.25, 0.3) is 38.9 Å². The van der Waals surface area contributed by atoms with E-state index in [9.17, 15) is 0 Å². The van der Waals surface area contributed by atoms with Gasteiger partial charge in [0.2, 0.25) is 0 Å². The Bertz CT molecular complexity index is 1540. The SMILES string of the molecule is Nc1nccn2c1c(-c1ccc3ccc(-c4ccccc4)nc3c1)nc2[C@H]1C[C@@H](NC2CCCC2)C1. The van der Waals surface area contributed by atoms with Gasteiger partial charge in [0.05, 0.1) is 11.2 Å². The number of nitrogens with zero attached hydrogens (tertiary/aromatic N) is 4. The Balaban J connectivity index is 1.25. The van der Waals surface area contributed by atoms with E-state index in [-0.39, 0.29) is 0 Å². The second kappa shape index (κ2) is 8.71. The van der Waals surface area contributed by atoms with Crippen LogP contribution in [0.1, 0.15) is 50.3 Å². The fourth-order valence-electron chi connectivity index (χ4n) is 6.00. The molecule has 0 aliphatic heterocycles. The van der Waals surface area contributed by atoms with Crippen molar-refractivity contribution in [2.75, 3.05) is 5.73 Å². The molecule has 36 heavy (non-hydrogen) atoms. The first-order valence-corrected chi connectivity index (χ1v) is 13.1. The highest BCUT2D eigenvalue weighted by Gasteiger charge is 2.35. The summed E-state index contributed by atoms with van der Waals surface area (Å²) in [6, 6.07) is 22.2. The quantitative estimate of drug-likeness (QED) is 0.328. The summed E-state index contributed by atoms with van der Waals surface area (Å²) in [4.78, 5) is 14.6. The summed E-state index contributed by atoms with van der Waals surface area (Å²) < 4.78 is 2.16. The lowest BCUT2D eigenvalue weighted by molar-refractivity contribution is 0.257. The average molecular weight is 475 g/mol. The number of hydrogen-bond acceptors (Lipinski definition) is 5. The predicted molar refractivity (Wildman–Crippen MR) is 145 cm³/mol. The second-order valence-electron chi connectivity index (χ2n) is 10.3. The van der Waals surface area contributed by atoms with Gasteiger partial charge in [-0.05, 0) is 37.8 Å². The molecule has 2 saturated carbocycles. The molecule has 5 aromatic rings. The summed E-state index contributed by atoms with van der Waals surface area (Å²) in [5.74, 6) is 2.03. The third-order valence-corrected chi connectivity index (χ3v) is 7.98. The minimum absolute atomic E-state index is 0.426. The average Bonchev–Trinajstić information content (AvgIpc) is 3.55. The molecule has 0 radical (unpaired) electrons. The van der Waals surface area contributed by atoms with E-state index >= 15 is 0 Å². The molecule has 0 atom stereocenters. The smallest absolute Gasteiger partial charge is 0.150 e. The van der Waals surface area contributed by atoms with Crippen LogP contribution < -0.4 is 11.1 Å². The maximum Gasteiger partial charge on any atom is 0.150 e. The predicted octanol–water partition coefficient (Wildman–Crippen LogP) is 5.97. The summed E-state index contributed by atoms with van der Waals surface area (Å²) >= 11 is 0. The zero-order valence-corrected chi connectivity index (χ0v) is 20.3. The Morgan fingerprint density at radius 1 is 0.861 bits per heavy atom. The van der Waals surface area contributed by atoms with Gasteiger partial charge in [-0.25, -0.2) is 15.0 Å². The number of nitrogen functional groups attached to an aromatic ring is 1. The van der Waals surface area contributed by atoms with E-state index in [2.05, 4.69) is 57.2 Å². The van der Waals surface area contributed by atoms with Crippen molar-refractivity contribution < 1.29 is 0 Å². The Hall–Kier alpha value is -3.77. The Labute approximate surface area is 210 Å². The largest absolute Gasteiger partial charge is 0.382 e. The Kier molecular flexibility index (Phi) is 5.21. The van der Waals surface area contributed by atoms with Crippen molar-refractivity contribution in [1.29, 1.82) is 0 Å². The molecule has 2 aromatic carbocycles. The molecule has 6 nitrogen and oxygen atoms in total. The minimum Gasteiger partial charge on any atom is -0.382 e. The van der Waals surface area contributed by atoms with E-state index in [1.165, 1.54) is 25.7 Å². The maximum absolute atomic E-state index is 6.42. The van der Waals surface area contributed by atoms with Crippen LogP contribution in [0, 0.1) is 0 Å². The molecule has 6 heteroatoms. The third-order valence-electron chi connectivity index (χ3n) is 7.98. The van der Waals surface area contributed by atoms with Crippen LogP contribution in [0.3, 0.4) is 0 Å². The van der Waals surface area contributed by atoms with Gasteiger partial charge in [-0.3, -0.25) is 4.40 Å². The molecule has 3 heterocycles. The van der Waals surface area contributed by atoms with Gasteiger partial charge in [0.1, 0.15) is 22.9 Å². The van der Waals surface area contributed by atoms with E-state index in [0.717, 1.165) is 57.6 Å². The molecule has 3 N–H and O–H groups in total. The fourth-order valence-corrected chi connectivity index (χ4v) is 6.00. The third kappa shape index (κ3) is 3.73. The first-order chi connectivity index (χ1) is 17.7. The number of pyridine rings is 1. The van der Waals surface area contributed by atoms with E-state index in [1.54, 1.807) is 6.20 Å². The molecule has 0 spiro atoms. The van der Waals surface area contributed by atoms with Gasteiger partial charge in [0, 0.05) is 46.9 Å². The fraction of sp³-hybridized carbons (Fsp3) is 0.300. The van der Waals surface area contributed by atoms with Gasteiger partial charge in [0.25, 0.3) is 0 Å². The number of anilines is 1. The van der Waals surface area contributed by atoms with E-state index in [1.807, 2.05) is 24.4 Å². The van der Waals surface area contributed by atoms with Crippen LogP contribution in [0.4, 0.5) is 5.82 Å². The highest BCUT2D eigenvalue weighted by molar-refractivity contribution is 5.91. The summed E-state index contributed by atoms with van der Waals surface area (Å²) in [5.41, 5.74) is 12.2. The molecule has 0 unspecified atom stereocenters. The molecule has 2 aliphatic carbocycles. The zero-order chi connectivity index (χ0) is 24.1. The van der Waals surface area contributed by atoms with Crippen molar-refractivity contribution in [2.45, 2.75) is 56.5 Å². The summed E-state index contributed by atoms with van der Waals surface area (Å²) in [6.07, 6.45) is 11.4. The van der Waals surface area contributed by atoms with Crippen molar-refractivity contribution in [3.63, 3.8) is 0 Å². The van der Waals surface area contributed by atoms with Crippen LogP contribution in [-0.4, -0.2) is 31.4 Å². The molecule has 2 aliphatic rings. The molecular weight excluding hydrogens is 444 g/mol. The number of aromatic nitrogens is 4. The molecular formula is C30H30N6. The molecule has 2 fully saturated rings. The Morgan fingerprint density at radius 2 is 1.67 bits per heavy atom. The molecule has 0 bridgehead atoms. The van der Waals surface area contributed by atoms with Gasteiger partial charge in [-0.15, -0.1) is 0 Å². The van der Waals surface area contributed by atoms with Crippen LogP contribution in [-0.2, 0) is 0 Å². The van der Waals surface area contributed by atoms with Crippen molar-refractivity contribution in [1.82, 2.24) is 24.7 Å². The van der Waals surface area contributed by atoms with E-state index in [4.69, 9.17) is 15.7 Å². The molecule has 7 rings (SSSR count). The van der Waals surface area contributed by atoms with Crippen LogP contribution in [0.2, 0.25) is 0 Å². The van der Waals surface area contributed by atoms with Crippen molar-refractivity contribution in [2.24, 2.45) is 0 Å². The molecule has 180 valence electrons. The van der Waals surface area contributed by atoms with Crippen molar-refractivity contribution in [3.8, 4) is 22.5 Å². The number of benzene rings is 2. The number of rotatable bonds is 5. The van der Waals surface area contributed by atoms with Gasteiger partial charge < -0.3 is 11.1 Å². The lowest BCUT2D eigenvalue weighted by Crippen LogP contribution is -2.45. The lowest BCUT2D eigenvalue weighted by atomic mass is 9.79. The standard InChI is InChI=1S/C30H30N6/c31-29-28-27(21-11-10-20-12-13-25(34-26(20)18-21)19-6-2-1-3-7-19)35-30(36(28)15-14-32-29)22-16-24(17-22)33-23-8-4-5-9-23/h1-3,6-7,10-15,18,22-24,33H,4-5,8-9,16-17H2,(H2,31,32)/t22-,24+. The van der Waals surface area contributed by atoms with Gasteiger partial charge in [0.15, 0.2) is 0 Å². The number of imidazole rings is 1. The van der Waals surface area contributed by atoms with Crippen molar-refractivity contribution >= 4 is 22.2 Å². The second-order valence-corrected chi connectivity index (χ2v) is 10.3.